The van der Waals surface area contributed by atoms with E-state index in [1.54, 1.807) is 41.5 Å². The Morgan fingerprint density at radius 1 is 0.767 bits per heavy atom. The molecule has 0 amide bonds. The van der Waals surface area contributed by atoms with E-state index in [1.807, 2.05) is 12.1 Å². The molecule has 0 spiro atoms. The van der Waals surface area contributed by atoms with Crippen molar-refractivity contribution < 1.29 is 18.4 Å². The number of nitrogens with zero attached hydrogens (tertiary/aromatic N) is 1. The van der Waals surface area contributed by atoms with Gasteiger partial charge < -0.3 is 10.2 Å². The molecule has 0 radical (unpaired) electrons. The van der Waals surface area contributed by atoms with Crippen molar-refractivity contribution in [3.63, 3.8) is 0 Å². The Hall–Kier alpha value is -3.09. The normalized spacial score (nSPS) is 14.6. The molecule has 1 N–H and O–H groups in total. The van der Waals surface area contributed by atoms with Gasteiger partial charge in [0, 0.05) is 32.1 Å². The van der Waals surface area contributed by atoms with Crippen molar-refractivity contribution >= 4 is 5.97 Å². The number of hydrogen-bond acceptors (Lipinski definition) is 4. The summed E-state index contributed by atoms with van der Waals surface area (Å²) in [6, 6.07) is 19.7. The van der Waals surface area contributed by atoms with Crippen LogP contribution in [0.4, 0.5) is 8.78 Å². The molecule has 0 atom stereocenters. The van der Waals surface area contributed by atoms with Crippen molar-refractivity contribution in [3.05, 3.63) is 107 Å². The maximum atomic E-state index is 13.4. The largest absolute Gasteiger partial charge is 0.364 e. The number of piperazine rings is 1. The van der Waals surface area contributed by atoms with E-state index in [2.05, 4.69) is 5.32 Å². The molecule has 4 nitrogen and oxygen atoms in total. The predicted molar refractivity (Wildman–Crippen MR) is 110 cm³/mol. The van der Waals surface area contributed by atoms with E-state index in [0.717, 1.165) is 29.8 Å². The van der Waals surface area contributed by atoms with Crippen molar-refractivity contribution in [2.45, 2.75) is 5.92 Å². The zero-order valence-corrected chi connectivity index (χ0v) is 16.4. The Morgan fingerprint density at radius 2 is 1.20 bits per heavy atom. The Morgan fingerprint density at radius 3 is 1.67 bits per heavy atom. The Bertz CT molecular complexity index is 938. The minimum Gasteiger partial charge on any atom is -0.364 e. The van der Waals surface area contributed by atoms with Gasteiger partial charge in [0.25, 0.3) is 0 Å². The van der Waals surface area contributed by atoms with Gasteiger partial charge in [0.1, 0.15) is 11.6 Å². The van der Waals surface area contributed by atoms with Gasteiger partial charge in [-0.2, -0.15) is 0 Å². The fraction of sp³-hybridized carbons (Fsp3) is 0.208. The third kappa shape index (κ3) is 4.72. The molecule has 0 aromatic heterocycles. The number of carbonyl (C=O) groups is 1. The number of nitrogens with one attached hydrogen (secondary N) is 1. The number of benzene rings is 3. The fourth-order valence-electron chi connectivity index (χ4n) is 3.61. The molecular formula is C24H22F2N2O2. The summed E-state index contributed by atoms with van der Waals surface area (Å²) in [6.45, 7) is 2.87. The van der Waals surface area contributed by atoms with Crippen LogP contribution in [0.2, 0.25) is 0 Å². The molecule has 4 rings (SSSR count). The molecule has 30 heavy (non-hydrogen) atoms. The van der Waals surface area contributed by atoms with E-state index in [-0.39, 0.29) is 17.6 Å². The predicted octanol–water partition coefficient (Wildman–Crippen LogP) is 4.12. The lowest BCUT2D eigenvalue weighted by Gasteiger charge is -2.25. The van der Waals surface area contributed by atoms with Gasteiger partial charge in [-0.3, -0.25) is 0 Å². The molecule has 0 bridgehead atoms. The molecule has 1 fully saturated rings. The summed E-state index contributed by atoms with van der Waals surface area (Å²) in [7, 11) is 0. The average Bonchev–Trinajstić information content (AvgIpc) is 2.78. The van der Waals surface area contributed by atoms with Gasteiger partial charge in [-0.25, -0.2) is 13.6 Å². The quantitative estimate of drug-likeness (QED) is 0.645. The topological polar surface area (TPSA) is 41.6 Å². The Balaban J connectivity index is 1.59. The second kappa shape index (κ2) is 9.15. The standard InChI is InChI=1S/C24H22F2N2O2/c25-21-9-5-18(6-10-21)23(19-7-11-22(26)12-8-19)17-1-3-20(4-2-17)24(29)30-28-15-13-27-14-16-28/h1-12,23,27H,13-16H2. The van der Waals surface area contributed by atoms with E-state index < -0.39 is 5.97 Å². The summed E-state index contributed by atoms with van der Waals surface area (Å²) in [5.74, 6) is -1.25. The van der Waals surface area contributed by atoms with Crippen LogP contribution >= 0.6 is 0 Å². The smallest absolute Gasteiger partial charge is 0.357 e. The second-order valence-corrected chi connectivity index (χ2v) is 7.22. The van der Waals surface area contributed by atoms with Crippen molar-refractivity contribution in [2.75, 3.05) is 26.2 Å². The number of rotatable bonds is 5. The van der Waals surface area contributed by atoms with Crippen molar-refractivity contribution in [2.24, 2.45) is 0 Å². The molecule has 0 unspecified atom stereocenters. The van der Waals surface area contributed by atoms with Crippen LogP contribution in [-0.4, -0.2) is 37.2 Å². The summed E-state index contributed by atoms with van der Waals surface area (Å²) < 4.78 is 26.9. The summed E-state index contributed by atoms with van der Waals surface area (Å²) in [6.07, 6.45) is 0. The van der Waals surface area contributed by atoms with E-state index in [0.29, 0.717) is 18.7 Å². The maximum Gasteiger partial charge on any atom is 0.357 e. The highest BCUT2D eigenvalue weighted by Crippen LogP contribution is 2.32. The van der Waals surface area contributed by atoms with Crippen LogP contribution in [0, 0.1) is 11.6 Å². The highest BCUT2D eigenvalue weighted by atomic mass is 19.1. The molecule has 0 saturated carbocycles. The van der Waals surface area contributed by atoms with Crippen LogP contribution in [0.3, 0.4) is 0 Å². The summed E-state index contributed by atoms with van der Waals surface area (Å²) in [4.78, 5) is 17.9. The molecule has 1 saturated heterocycles. The van der Waals surface area contributed by atoms with Gasteiger partial charge in [0.15, 0.2) is 0 Å². The lowest BCUT2D eigenvalue weighted by molar-refractivity contribution is -0.115. The monoisotopic (exact) mass is 408 g/mol. The summed E-state index contributed by atoms with van der Waals surface area (Å²) >= 11 is 0. The third-order valence-electron chi connectivity index (χ3n) is 5.17. The second-order valence-electron chi connectivity index (χ2n) is 7.22. The minimum atomic E-state index is -0.399. The van der Waals surface area contributed by atoms with Gasteiger partial charge in [0.2, 0.25) is 0 Å². The fourth-order valence-corrected chi connectivity index (χ4v) is 3.61. The molecule has 6 heteroatoms. The van der Waals surface area contributed by atoms with E-state index in [4.69, 9.17) is 4.84 Å². The Kier molecular flexibility index (Phi) is 6.16. The first kappa shape index (κ1) is 20.2. The molecule has 154 valence electrons. The zero-order chi connectivity index (χ0) is 20.9. The van der Waals surface area contributed by atoms with Crippen LogP contribution in [0.5, 0.6) is 0 Å². The lowest BCUT2D eigenvalue weighted by Crippen LogP contribution is -2.44. The molecule has 1 aliphatic heterocycles. The maximum absolute atomic E-state index is 13.4. The molecule has 1 heterocycles. The van der Waals surface area contributed by atoms with Gasteiger partial charge in [-0.15, -0.1) is 5.06 Å². The number of hydroxylamine groups is 2. The minimum absolute atomic E-state index is 0.218. The Labute approximate surface area is 174 Å². The van der Waals surface area contributed by atoms with Crippen LogP contribution < -0.4 is 5.32 Å². The first-order chi connectivity index (χ1) is 14.6. The van der Waals surface area contributed by atoms with Gasteiger partial charge in [-0.05, 0) is 53.1 Å². The van der Waals surface area contributed by atoms with Crippen LogP contribution in [0.1, 0.15) is 33.0 Å². The highest BCUT2D eigenvalue weighted by molar-refractivity contribution is 5.89. The molecule has 3 aromatic carbocycles. The first-order valence-corrected chi connectivity index (χ1v) is 9.89. The molecule has 0 aliphatic carbocycles. The van der Waals surface area contributed by atoms with E-state index >= 15 is 0 Å². The average molecular weight is 408 g/mol. The van der Waals surface area contributed by atoms with Gasteiger partial charge in [0.05, 0.1) is 5.56 Å². The van der Waals surface area contributed by atoms with Crippen LogP contribution in [0.25, 0.3) is 0 Å². The third-order valence-corrected chi connectivity index (χ3v) is 5.17. The lowest BCUT2D eigenvalue weighted by atomic mass is 9.85. The SMILES string of the molecule is O=C(ON1CCNCC1)c1ccc(C(c2ccc(F)cc2)c2ccc(F)cc2)cc1. The van der Waals surface area contributed by atoms with E-state index in [1.165, 1.54) is 24.3 Å². The first-order valence-electron chi connectivity index (χ1n) is 9.89. The van der Waals surface area contributed by atoms with Crippen LogP contribution in [0.15, 0.2) is 72.8 Å². The van der Waals surface area contributed by atoms with E-state index in [9.17, 15) is 13.6 Å². The van der Waals surface area contributed by atoms with Crippen molar-refractivity contribution in [3.8, 4) is 0 Å². The highest BCUT2D eigenvalue weighted by Gasteiger charge is 2.20. The molecular weight excluding hydrogens is 386 g/mol. The zero-order valence-electron chi connectivity index (χ0n) is 16.4. The van der Waals surface area contributed by atoms with Crippen LogP contribution in [-0.2, 0) is 4.84 Å². The number of halogens is 2. The van der Waals surface area contributed by atoms with Crippen molar-refractivity contribution in [1.82, 2.24) is 10.4 Å². The molecule has 1 aliphatic rings. The summed E-state index contributed by atoms with van der Waals surface area (Å²) in [5, 5.41) is 4.87. The number of hydrogen-bond donors (Lipinski definition) is 1. The number of carbonyl (C=O) groups excluding carboxylic acids is 1. The summed E-state index contributed by atoms with van der Waals surface area (Å²) in [5.41, 5.74) is 3.11. The molecule has 3 aromatic rings. The van der Waals surface area contributed by atoms with Crippen molar-refractivity contribution in [1.29, 1.82) is 0 Å². The van der Waals surface area contributed by atoms with Gasteiger partial charge in [-0.1, -0.05) is 36.4 Å². The van der Waals surface area contributed by atoms with Gasteiger partial charge >= 0.3 is 5.97 Å².